The van der Waals surface area contributed by atoms with Crippen LogP contribution in [0, 0.1) is 20.8 Å². The van der Waals surface area contributed by atoms with E-state index in [1.54, 1.807) is 0 Å². The summed E-state index contributed by atoms with van der Waals surface area (Å²) in [6.07, 6.45) is 1.16. The first kappa shape index (κ1) is 15.7. The summed E-state index contributed by atoms with van der Waals surface area (Å²) in [5.41, 5.74) is 5.07. The average Bonchev–Trinajstić information content (AvgIpc) is 2.38. The fourth-order valence-electron chi connectivity index (χ4n) is 1.95. The van der Waals surface area contributed by atoms with Crippen LogP contribution >= 0.6 is 0 Å². The van der Waals surface area contributed by atoms with E-state index in [0.29, 0.717) is 26.2 Å². The van der Waals surface area contributed by atoms with Crippen molar-refractivity contribution in [1.82, 2.24) is 0 Å². The summed E-state index contributed by atoms with van der Waals surface area (Å²) in [5.74, 6) is -0.157. The molecule has 106 valence electrons. The molecular formula is C16H24O3. The Bertz CT molecular complexity index is 401. The van der Waals surface area contributed by atoms with Gasteiger partial charge in [0.1, 0.15) is 6.61 Å². The van der Waals surface area contributed by atoms with E-state index in [1.165, 1.54) is 22.3 Å². The predicted octanol–water partition coefficient (Wildman–Crippen LogP) is 3.12. The molecule has 19 heavy (non-hydrogen) atoms. The maximum atomic E-state index is 11.5. The van der Waals surface area contributed by atoms with Crippen molar-refractivity contribution in [3.63, 3.8) is 0 Å². The van der Waals surface area contributed by atoms with Crippen LogP contribution in [0.3, 0.4) is 0 Å². The lowest BCUT2D eigenvalue weighted by Gasteiger charge is -2.09. The van der Waals surface area contributed by atoms with Crippen molar-refractivity contribution in [2.45, 2.75) is 40.5 Å². The zero-order valence-corrected chi connectivity index (χ0v) is 12.4. The lowest BCUT2D eigenvalue weighted by Crippen LogP contribution is -2.11. The van der Waals surface area contributed by atoms with E-state index in [9.17, 15) is 4.79 Å². The van der Waals surface area contributed by atoms with Crippen molar-refractivity contribution in [3.05, 3.63) is 34.4 Å². The summed E-state index contributed by atoms with van der Waals surface area (Å²) in [4.78, 5) is 11.5. The SMILES string of the molecule is CCOCCOC(=O)CCc1cc(C)c(C)c(C)c1. The topological polar surface area (TPSA) is 35.5 Å². The van der Waals surface area contributed by atoms with Crippen LogP contribution in [-0.4, -0.2) is 25.8 Å². The van der Waals surface area contributed by atoms with E-state index in [2.05, 4.69) is 32.9 Å². The molecule has 1 rings (SSSR count). The number of aryl methyl sites for hydroxylation is 3. The van der Waals surface area contributed by atoms with Gasteiger partial charge in [-0.1, -0.05) is 12.1 Å². The zero-order valence-electron chi connectivity index (χ0n) is 12.4. The van der Waals surface area contributed by atoms with Gasteiger partial charge in [0.2, 0.25) is 0 Å². The molecule has 0 atom stereocenters. The summed E-state index contributed by atoms with van der Waals surface area (Å²) in [6.45, 7) is 9.72. The molecule has 0 amide bonds. The third-order valence-corrected chi connectivity index (χ3v) is 3.30. The molecule has 0 aliphatic heterocycles. The lowest BCUT2D eigenvalue weighted by molar-refractivity contribution is -0.145. The van der Waals surface area contributed by atoms with Crippen molar-refractivity contribution >= 4 is 5.97 Å². The molecule has 0 saturated heterocycles. The first-order chi connectivity index (χ1) is 9.04. The Labute approximate surface area is 115 Å². The van der Waals surface area contributed by atoms with Crippen LogP contribution in [0.1, 0.15) is 35.6 Å². The highest BCUT2D eigenvalue weighted by molar-refractivity contribution is 5.69. The maximum absolute atomic E-state index is 11.5. The van der Waals surface area contributed by atoms with Gasteiger partial charge in [0.05, 0.1) is 6.61 Å². The summed E-state index contributed by atoms with van der Waals surface area (Å²) >= 11 is 0. The number of hydrogen-bond donors (Lipinski definition) is 0. The second kappa shape index (κ2) is 7.95. The highest BCUT2D eigenvalue weighted by atomic mass is 16.6. The number of ether oxygens (including phenoxy) is 2. The Morgan fingerprint density at radius 2 is 1.74 bits per heavy atom. The molecule has 0 spiro atoms. The Balaban J connectivity index is 2.38. The maximum Gasteiger partial charge on any atom is 0.306 e. The van der Waals surface area contributed by atoms with Gasteiger partial charge in [-0.25, -0.2) is 0 Å². The largest absolute Gasteiger partial charge is 0.463 e. The van der Waals surface area contributed by atoms with Gasteiger partial charge in [0, 0.05) is 13.0 Å². The minimum atomic E-state index is -0.157. The molecule has 0 fully saturated rings. The molecule has 0 heterocycles. The van der Waals surface area contributed by atoms with E-state index in [4.69, 9.17) is 9.47 Å². The number of hydrogen-bond acceptors (Lipinski definition) is 3. The Kier molecular flexibility index (Phi) is 6.57. The van der Waals surface area contributed by atoms with Crippen LogP contribution in [0.5, 0.6) is 0 Å². The first-order valence-corrected chi connectivity index (χ1v) is 6.84. The highest BCUT2D eigenvalue weighted by Crippen LogP contribution is 2.16. The van der Waals surface area contributed by atoms with Gasteiger partial charge in [0.25, 0.3) is 0 Å². The van der Waals surface area contributed by atoms with E-state index < -0.39 is 0 Å². The van der Waals surface area contributed by atoms with Gasteiger partial charge in [-0.3, -0.25) is 4.79 Å². The van der Waals surface area contributed by atoms with Crippen LogP contribution in [0.2, 0.25) is 0 Å². The number of carbonyl (C=O) groups is 1. The van der Waals surface area contributed by atoms with Crippen LogP contribution in [0.25, 0.3) is 0 Å². The smallest absolute Gasteiger partial charge is 0.306 e. The van der Waals surface area contributed by atoms with E-state index >= 15 is 0 Å². The quantitative estimate of drug-likeness (QED) is 0.560. The van der Waals surface area contributed by atoms with Crippen molar-refractivity contribution in [1.29, 1.82) is 0 Å². The van der Waals surface area contributed by atoms with Gasteiger partial charge in [-0.15, -0.1) is 0 Å². The summed E-state index contributed by atoms with van der Waals surface area (Å²) < 4.78 is 10.2. The number of carbonyl (C=O) groups excluding carboxylic acids is 1. The minimum absolute atomic E-state index is 0.157. The van der Waals surface area contributed by atoms with Gasteiger partial charge in [-0.05, 0) is 56.4 Å². The third kappa shape index (κ3) is 5.43. The summed E-state index contributed by atoms with van der Waals surface area (Å²) in [5, 5.41) is 0. The highest BCUT2D eigenvalue weighted by Gasteiger charge is 2.06. The Morgan fingerprint density at radius 1 is 1.11 bits per heavy atom. The molecule has 1 aromatic carbocycles. The predicted molar refractivity (Wildman–Crippen MR) is 76.4 cm³/mol. The molecular weight excluding hydrogens is 240 g/mol. The van der Waals surface area contributed by atoms with Crippen molar-refractivity contribution in [2.75, 3.05) is 19.8 Å². The van der Waals surface area contributed by atoms with Crippen molar-refractivity contribution < 1.29 is 14.3 Å². The van der Waals surface area contributed by atoms with E-state index in [0.717, 1.165) is 6.42 Å². The normalized spacial score (nSPS) is 10.5. The third-order valence-electron chi connectivity index (χ3n) is 3.30. The van der Waals surface area contributed by atoms with Crippen LogP contribution in [0.4, 0.5) is 0 Å². The molecule has 0 aromatic heterocycles. The summed E-state index contributed by atoms with van der Waals surface area (Å²) in [6, 6.07) is 4.30. The average molecular weight is 264 g/mol. The minimum Gasteiger partial charge on any atom is -0.463 e. The standard InChI is InChI=1S/C16H24O3/c1-5-18-8-9-19-16(17)7-6-15-10-12(2)14(4)13(3)11-15/h10-11H,5-9H2,1-4H3. The number of esters is 1. The second-order valence-corrected chi connectivity index (χ2v) is 4.77. The fraction of sp³-hybridized carbons (Fsp3) is 0.562. The van der Waals surface area contributed by atoms with Crippen molar-refractivity contribution in [2.24, 2.45) is 0 Å². The van der Waals surface area contributed by atoms with Crippen molar-refractivity contribution in [3.8, 4) is 0 Å². The second-order valence-electron chi connectivity index (χ2n) is 4.77. The molecule has 0 bridgehead atoms. The van der Waals surface area contributed by atoms with E-state index in [-0.39, 0.29) is 5.97 Å². The molecule has 3 heteroatoms. The molecule has 0 aliphatic carbocycles. The molecule has 3 nitrogen and oxygen atoms in total. The number of benzene rings is 1. The first-order valence-electron chi connectivity index (χ1n) is 6.84. The molecule has 0 aliphatic rings. The Hall–Kier alpha value is -1.35. The van der Waals surface area contributed by atoms with Gasteiger partial charge in [-0.2, -0.15) is 0 Å². The summed E-state index contributed by atoms with van der Waals surface area (Å²) in [7, 11) is 0. The molecule has 0 saturated carbocycles. The fourth-order valence-corrected chi connectivity index (χ4v) is 1.95. The van der Waals surface area contributed by atoms with Gasteiger partial charge in [0.15, 0.2) is 0 Å². The molecule has 0 N–H and O–H groups in total. The Morgan fingerprint density at radius 3 is 2.32 bits per heavy atom. The van der Waals surface area contributed by atoms with Gasteiger partial charge < -0.3 is 9.47 Å². The lowest BCUT2D eigenvalue weighted by atomic mass is 9.98. The number of rotatable bonds is 7. The van der Waals surface area contributed by atoms with Crippen LogP contribution in [0.15, 0.2) is 12.1 Å². The van der Waals surface area contributed by atoms with Crippen LogP contribution < -0.4 is 0 Å². The van der Waals surface area contributed by atoms with E-state index in [1.807, 2.05) is 6.92 Å². The molecule has 0 radical (unpaired) electrons. The molecule has 1 aromatic rings. The monoisotopic (exact) mass is 264 g/mol. The molecule has 0 unspecified atom stereocenters. The zero-order chi connectivity index (χ0) is 14.3. The van der Waals surface area contributed by atoms with Gasteiger partial charge >= 0.3 is 5.97 Å². The van der Waals surface area contributed by atoms with Crippen LogP contribution in [-0.2, 0) is 20.7 Å².